The highest BCUT2D eigenvalue weighted by atomic mass is 35.5. The zero-order valence-corrected chi connectivity index (χ0v) is 13.9. The number of hydrogen-bond donors (Lipinski definition) is 1. The molecule has 24 heavy (non-hydrogen) atoms. The Bertz CT molecular complexity index is 798. The first-order valence-electron chi connectivity index (χ1n) is 7.81. The summed E-state index contributed by atoms with van der Waals surface area (Å²) in [7, 11) is 0. The number of halogens is 1. The molecule has 0 atom stereocenters. The van der Waals surface area contributed by atoms with Crippen LogP contribution in [0.3, 0.4) is 0 Å². The molecule has 0 saturated carbocycles. The average molecular weight is 340 g/mol. The van der Waals surface area contributed by atoms with Crippen LogP contribution in [-0.4, -0.2) is 15.7 Å². The van der Waals surface area contributed by atoms with E-state index in [0.29, 0.717) is 24.4 Å². The molecule has 0 bridgehead atoms. The van der Waals surface area contributed by atoms with E-state index in [-0.39, 0.29) is 5.91 Å². The van der Waals surface area contributed by atoms with E-state index in [2.05, 4.69) is 10.4 Å². The predicted octanol–water partition coefficient (Wildman–Crippen LogP) is 3.77. The lowest BCUT2D eigenvalue weighted by molar-refractivity contribution is -0.121. The summed E-state index contributed by atoms with van der Waals surface area (Å²) < 4.78 is 1.80. The van der Waals surface area contributed by atoms with Crippen molar-refractivity contribution in [2.45, 2.75) is 19.4 Å². The van der Waals surface area contributed by atoms with Crippen LogP contribution in [0.2, 0.25) is 5.02 Å². The SMILES string of the molecule is O=C(CCc1ccccc1Cl)NCc1ccc(-n2cccn2)cc1. The third kappa shape index (κ3) is 4.24. The standard InChI is InChI=1S/C19H18ClN3O/c20-18-5-2-1-4-16(18)8-11-19(24)21-14-15-6-9-17(10-7-15)23-13-3-12-22-23/h1-7,9-10,12-13H,8,11,14H2,(H,21,24). The zero-order valence-electron chi connectivity index (χ0n) is 13.2. The van der Waals surface area contributed by atoms with Crippen molar-refractivity contribution in [3.8, 4) is 5.69 Å². The molecular formula is C19H18ClN3O. The minimum absolute atomic E-state index is 0.0195. The number of aromatic nitrogens is 2. The summed E-state index contributed by atoms with van der Waals surface area (Å²) in [4.78, 5) is 12.0. The Morgan fingerprint density at radius 1 is 1.08 bits per heavy atom. The molecule has 1 heterocycles. The molecule has 122 valence electrons. The van der Waals surface area contributed by atoms with E-state index in [0.717, 1.165) is 16.8 Å². The molecule has 0 fully saturated rings. The maximum atomic E-state index is 12.0. The third-order valence-corrected chi connectivity index (χ3v) is 4.14. The first kappa shape index (κ1) is 16.3. The van der Waals surface area contributed by atoms with E-state index in [1.165, 1.54) is 0 Å². The number of hydrogen-bond acceptors (Lipinski definition) is 2. The molecule has 0 aliphatic carbocycles. The van der Waals surface area contributed by atoms with Crippen LogP contribution in [0.1, 0.15) is 17.5 Å². The van der Waals surface area contributed by atoms with E-state index in [4.69, 9.17) is 11.6 Å². The topological polar surface area (TPSA) is 46.9 Å². The third-order valence-electron chi connectivity index (χ3n) is 3.77. The lowest BCUT2D eigenvalue weighted by Crippen LogP contribution is -2.23. The van der Waals surface area contributed by atoms with Crippen LogP contribution in [-0.2, 0) is 17.8 Å². The number of carbonyl (C=O) groups is 1. The van der Waals surface area contributed by atoms with Crippen molar-refractivity contribution in [2.75, 3.05) is 0 Å². The molecular weight excluding hydrogens is 322 g/mol. The number of carbonyl (C=O) groups excluding carboxylic acids is 1. The monoisotopic (exact) mass is 339 g/mol. The normalized spacial score (nSPS) is 10.5. The van der Waals surface area contributed by atoms with Crippen LogP contribution < -0.4 is 5.32 Å². The minimum atomic E-state index is 0.0195. The van der Waals surface area contributed by atoms with Crippen molar-refractivity contribution in [1.82, 2.24) is 15.1 Å². The van der Waals surface area contributed by atoms with Gasteiger partial charge in [0.1, 0.15) is 0 Å². The lowest BCUT2D eigenvalue weighted by atomic mass is 10.1. The Hall–Kier alpha value is -2.59. The molecule has 3 aromatic rings. The maximum Gasteiger partial charge on any atom is 0.220 e. The number of benzene rings is 2. The van der Waals surface area contributed by atoms with Gasteiger partial charge in [-0.1, -0.05) is 41.9 Å². The lowest BCUT2D eigenvalue weighted by Gasteiger charge is -2.07. The largest absolute Gasteiger partial charge is 0.352 e. The Morgan fingerprint density at radius 3 is 2.58 bits per heavy atom. The number of amides is 1. The van der Waals surface area contributed by atoms with Gasteiger partial charge in [0.2, 0.25) is 5.91 Å². The highest BCUT2D eigenvalue weighted by Gasteiger charge is 2.05. The second-order valence-corrected chi connectivity index (χ2v) is 5.89. The Kier molecular flexibility index (Phi) is 5.29. The van der Waals surface area contributed by atoms with E-state index in [9.17, 15) is 4.79 Å². The molecule has 1 amide bonds. The highest BCUT2D eigenvalue weighted by Crippen LogP contribution is 2.16. The summed E-state index contributed by atoms with van der Waals surface area (Å²) >= 11 is 6.10. The molecule has 0 saturated heterocycles. The van der Waals surface area contributed by atoms with Crippen molar-refractivity contribution in [3.63, 3.8) is 0 Å². The van der Waals surface area contributed by atoms with Crippen molar-refractivity contribution in [2.24, 2.45) is 0 Å². The van der Waals surface area contributed by atoms with Crippen molar-refractivity contribution in [1.29, 1.82) is 0 Å². The van der Waals surface area contributed by atoms with E-state index in [1.807, 2.05) is 60.8 Å². The van der Waals surface area contributed by atoms with Gasteiger partial charge in [0.05, 0.1) is 5.69 Å². The summed E-state index contributed by atoms with van der Waals surface area (Å²) in [6.45, 7) is 0.515. The number of nitrogens with one attached hydrogen (secondary N) is 1. The summed E-state index contributed by atoms with van der Waals surface area (Å²) in [5, 5.41) is 7.83. The molecule has 1 aromatic heterocycles. The summed E-state index contributed by atoms with van der Waals surface area (Å²) in [6, 6.07) is 17.4. The Morgan fingerprint density at radius 2 is 1.88 bits per heavy atom. The fourth-order valence-electron chi connectivity index (χ4n) is 2.43. The van der Waals surface area contributed by atoms with Crippen LogP contribution in [0.5, 0.6) is 0 Å². The summed E-state index contributed by atoms with van der Waals surface area (Å²) in [5.74, 6) is 0.0195. The van der Waals surface area contributed by atoms with Gasteiger partial charge in [-0.2, -0.15) is 5.10 Å². The highest BCUT2D eigenvalue weighted by molar-refractivity contribution is 6.31. The molecule has 0 unspecified atom stereocenters. The van der Waals surface area contributed by atoms with E-state index in [1.54, 1.807) is 10.9 Å². The van der Waals surface area contributed by atoms with E-state index >= 15 is 0 Å². The fraction of sp³-hybridized carbons (Fsp3) is 0.158. The Labute approximate surface area is 146 Å². The summed E-state index contributed by atoms with van der Waals surface area (Å²) in [6.07, 6.45) is 4.71. The number of nitrogens with zero attached hydrogens (tertiary/aromatic N) is 2. The van der Waals surface area contributed by atoms with Crippen LogP contribution >= 0.6 is 11.6 Å². The maximum absolute atomic E-state index is 12.0. The van der Waals surface area contributed by atoms with Gasteiger partial charge >= 0.3 is 0 Å². The van der Waals surface area contributed by atoms with Crippen molar-refractivity contribution >= 4 is 17.5 Å². The molecule has 4 nitrogen and oxygen atoms in total. The van der Waals surface area contributed by atoms with Crippen molar-refractivity contribution in [3.05, 3.63) is 83.1 Å². The fourth-order valence-corrected chi connectivity index (χ4v) is 2.66. The summed E-state index contributed by atoms with van der Waals surface area (Å²) in [5.41, 5.74) is 3.05. The average Bonchev–Trinajstić information content (AvgIpc) is 3.14. The van der Waals surface area contributed by atoms with Gasteiger partial charge in [-0.3, -0.25) is 4.79 Å². The van der Waals surface area contributed by atoms with Gasteiger partial charge in [-0.25, -0.2) is 4.68 Å². The quantitative estimate of drug-likeness (QED) is 0.743. The van der Waals surface area contributed by atoms with E-state index < -0.39 is 0 Å². The predicted molar refractivity (Wildman–Crippen MR) is 95.2 cm³/mol. The molecule has 0 radical (unpaired) electrons. The molecule has 5 heteroatoms. The van der Waals surface area contributed by atoms with Crippen molar-refractivity contribution < 1.29 is 4.79 Å². The minimum Gasteiger partial charge on any atom is -0.352 e. The first-order valence-corrected chi connectivity index (χ1v) is 8.19. The number of aryl methyl sites for hydroxylation is 1. The Balaban J connectivity index is 1.48. The molecule has 0 aliphatic rings. The number of rotatable bonds is 6. The van der Waals surface area contributed by atoms with Crippen LogP contribution in [0.4, 0.5) is 0 Å². The molecule has 0 aliphatic heterocycles. The second-order valence-electron chi connectivity index (χ2n) is 5.49. The van der Waals surface area contributed by atoms with Gasteiger partial charge in [-0.15, -0.1) is 0 Å². The molecule has 1 N–H and O–H groups in total. The van der Waals surface area contributed by atoms with Crippen LogP contribution in [0, 0.1) is 0 Å². The van der Waals surface area contributed by atoms with Gasteiger partial charge in [0, 0.05) is 30.4 Å². The van der Waals surface area contributed by atoms with Crippen LogP contribution in [0.25, 0.3) is 5.69 Å². The first-order chi connectivity index (χ1) is 11.7. The van der Waals surface area contributed by atoms with Gasteiger partial charge in [-0.05, 0) is 41.8 Å². The molecule has 2 aromatic carbocycles. The van der Waals surface area contributed by atoms with Crippen LogP contribution in [0.15, 0.2) is 67.0 Å². The zero-order chi connectivity index (χ0) is 16.8. The molecule has 3 rings (SSSR count). The van der Waals surface area contributed by atoms with Gasteiger partial charge in [0.25, 0.3) is 0 Å². The second kappa shape index (κ2) is 7.79. The smallest absolute Gasteiger partial charge is 0.220 e. The van der Waals surface area contributed by atoms with Gasteiger partial charge in [0.15, 0.2) is 0 Å². The van der Waals surface area contributed by atoms with Gasteiger partial charge < -0.3 is 5.32 Å². The molecule has 0 spiro atoms.